The van der Waals surface area contributed by atoms with Gasteiger partial charge in [0.1, 0.15) is 0 Å². The van der Waals surface area contributed by atoms with Gasteiger partial charge in [-0.3, -0.25) is 4.90 Å². The molecule has 2 aliphatic rings. The zero-order valence-corrected chi connectivity index (χ0v) is 10.7. The molecule has 2 heterocycles. The molecule has 0 amide bonds. The Bertz CT molecular complexity index is 366. The lowest BCUT2D eigenvalue weighted by Gasteiger charge is -2.20. The molecular weight excluding hydrogens is 240 g/mol. The monoisotopic (exact) mass is 258 g/mol. The van der Waals surface area contributed by atoms with Crippen LogP contribution in [0.2, 0.25) is 0 Å². The van der Waals surface area contributed by atoms with Crippen molar-refractivity contribution in [1.82, 2.24) is 15.0 Å². The van der Waals surface area contributed by atoms with Crippen LogP contribution in [0.5, 0.6) is 0 Å². The number of nitrogens with zero attached hydrogens (tertiary/aromatic N) is 3. The summed E-state index contributed by atoms with van der Waals surface area (Å²) < 4.78 is 5.25. The second-order valence-corrected chi connectivity index (χ2v) is 4.83. The minimum absolute atomic E-state index is 0. The topological polar surface area (TPSA) is 68.2 Å². The molecule has 3 rings (SSSR count). The van der Waals surface area contributed by atoms with E-state index in [1.54, 1.807) is 0 Å². The smallest absolute Gasteiger partial charge is 0.229 e. The molecule has 0 radical (unpaired) electrons. The summed E-state index contributed by atoms with van der Waals surface area (Å²) in [4.78, 5) is 6.81. The highest BCUT2D eigenvalue weighted by Gasteiger charge is 2.30. The highest BCUT2D eigenvalue weighted by Crippen LogP contribution is 2.38. The summed E-state index contributed by atoms with van der Waals surface area (Å²) in [6.07, 6.45) is 4.84. The third kappa shape index (κ3) is 2.78. The van der Waals surface area contributed by atoms with Crippen LogP contribution in [0.25, 0.3) is 0 Å². The van der Waals surface area contributed by atoms with E-state index in [9.17, 15) is 0 Å². The molecule has 1 saturated carbocycles. The van der Waals surface area contributed by atoms with Crippen molar-refractivity contribution < 1.29 is 4.52 Å². The van der Waals surface area contributed by atoms with Crippen LogP contribution in [0, 0.1) is 0 Å². The van der Waals surface area contributed by atoms with E-state index >= 15 is 0 Å². The van der Waals surface area contributed by atoms with Crippen LogP contribution < -0.4 is 5.73 Å². The fourth-order valence-electron chi connectivity index (χ4n) is 2.38. The van der Waals surface area contributed by atoms with Gasteiger partial charge in [-0.15, -0.1) is 12.4 Å². The minimum atomic E-state index is 0. The number of nitrogens with two attached hydrogens (primary N) is 1. The first kappa shape index (κ1) is 12.8. The maximum Gasteiger partial charge on any atom is 0.229 e. The van der Waals surface area contributed by atoms with Crippen molar-refractivity contribution in [3.05, 3.63) is 11.7 Å². The minimum Gasteiger partial charge on any atom is -0.339 e. The van der Waals surface area contributed by atoms with Gasteiger partial charge in [0.25, 0.3) is 0 Å². The van der Waals surface area contributed by atoms with Crippen molar-refractivity contribution >= 4 is 12.4 Å². The van der Waals surface area contributed by atoms with Gasteiger partial charge in [-0.2, -0.15) is 4.98 Å². The maximum atomic E-state index is 5.74. The molecule has 1 aromatic heterocycles. The molecule has 0 aromatic carbocycles. The Morgan fingerprint density at radius 1 is 1.35 bits per heavy atom. The van der Waals surface area contributed by atoms with E-state index in [1.807, 2.05) is 0 Å². The molecule has 96 valence electrons. The summed E-state index contributed by atoms with van der Waals surface area (Å²) in [7, 11) is 0. The number of rotatable bonds is 4. The molecule has 17 heavy (non-hydrogen) atoms. The highest BCUT2D eigenvalue weighted by molar-refractivity contribution is 5.85. The quantitative estimate of drug-likeness (QED) is 0.882. The standard InChI is InChI=1S/C11H18N4O.ClH/c12-6-9-2-1-5-15(9)7-10-13-11(16-14-10)8-3-4-8;/h8-9H,1-7,12H2;1H. The van der Waals surface area contributed by atoms with Crippen molar-refractivity contribution in [2.75, 3.05) is 13.1 Å². The summed E-state index contributed by atoms with van der Waals surface area (Å²) in [6.45, 7) is 2.63. The van der Waals surface area contributed by atoms with Crippen LogP contribution in [0.15, 0.2) is 4.52 Å². The third-order valence-corrected chi connectivity index (χ3v) is 3.53. The first-order valence-corrected chi connectivity index (χ1v) is 6.13. The first-order valence-electron chi connectivity index (χ1n) is 6.13. The molecular formula is C11H19ClN4O. The van der Waals surface area contributed by atoms with E-state index in [4.69, 9.17) is 10.3 Å². The third-order valence-electron chi connectivity index (χ3n) is 3.53. The van der Waals surface area contributed by atoms with Crippen LogP contribution in [-0.4, -0.2) is 34.2 Å². The number of halogens is 1. The van der Waals surface area contributed by atoms with Gasteiger partial charge in [-0.1, -0.05) is 5.16 Å². The highest BCUT2D eigenvalue weighted by atomic mass is 35.5. The Hall–Kier alpha value is -0.650. The van der Waals surface area contributed by atoms with Crippen LogP contribution in [-0.2, 0) is 6.54 Å². The molecule has 1 aliphatic heterocycles. The Morgan fingerprint density at radius 3 is 2.88 bits per heavy atom. The average Bonchev–Trinajstić information content (AvgIpc) is 2.88. The van der Waals surface area contributed by atoms with E-state index in [1.165, 1.54) is 25.7 Å². The molecule has 1 aromatic rings. The number of hydrogen-bond donors (Lipinski definition) is 1. The van der Waals surface area contributed by atoms with Gasteiger partial charge in [0.2, 0.25) is 5.89 Å². The van der Waals surface area contributed by atoms with Crippen molar-refractivity contribution in [3.8, 4) is 0 Å². The average molecular weight is 259 g/mol. The van der Waals surface area contributed by atoms with Gasteiger partial charge in [0.05, 0.1) is 6.54 Å². The zero-order chi connectivity index (χ0) is 11.0. The van der Waals surface area contributed by atoms with Crippen molar-refractivity contribution in [3.63, 3.8) is 0 Å². The second-order valence-electron chi connectivity index (χ2n) is 4.83. The van der Waals surface area contributed by atoms with Gasteiger partial charge in [0, 0.05) is 18.5 Å². The Balaban J connectivity index is 0.00000108. The first-order chi connectivity index (χ1) is 7.86. The lowest BCUT2D eigenvalue weighted by Crippen LogP contribution is -2.35. The fraction of sp³-hybridized carbons (Fsp3) is 0.818. The summed E-state index contributed by atoms with van der Waals surface area (Å²) in [6, 6.07) is 0.503. The number of aromatic nitrogens is 2. The molecule has 6 heteroatoms. The molecule has 1 aliphatic carbocycles. The van der Waals surface area contributed by atoms with E-state index in [0.29, 0.717) is 12.0 Å². The molecule has 2 N–H and O–H groups in total. The van der Waals surface area contributed by atoms with E-state index in [-0.39, 0.29) is 12.4 Å². The van der Waals surface area contributed by atoms with E-state index in [2.05, 4.69) is 15.0 Å². The molecule has 0 spiro atoms. The second kappa shape index (κ2) is 5.33. The Kier molecular flexibility index (Phi) is 4.01. The van der Waals surface area contributed by atoms with E-state index in [0.717, 1.165) is 31.3 Å². The predicted octanol–water partition coefficient (Wildman–Crippen LogP) is 1.29. The van der Waals surface area contributed by atoms with Crippen molar-refractivity contribution in [2.45, 2.75) is 44.2 Å². The van der Waals surface area contributed by atoms with Crippen LogP contribution in [0.4, 0.5) is 0 Å². The molecule has 0 bridgehead atoms. The Morgan fingerprint density at radius 2 is 2.18 bits per heavy atom. The molecule has 1 atom stereocenters. The van der Waals surface area contributed by atoms with Crippen LogP contribution in [0.1, 0.15) is 43.3 Å². The summed E-state index contributed by atoms with van der Waals surface area (Å²) in [5.41, 5.74) is 5.74. The van der Waals surface area contributed by atoms with Gasteiger partial charge in [-0.05, 0) is 32.2 Å². The number of likely N-dealkylation sites (tertiary alicyclic amines) is 1. The predicted molar refractivity (Wildman–Crippen MR) is 66.0 cm³/mol. The van der Waals surface area contributed by atoms with Gasteiger partial charge in [0.15, 0.2) is 5.82 Å². The zero-order valence-electron chi connectivity index (χ0n) is 9.84. The number of hydrogen-bond acceptors (Lipinski definition) is 5. The van der Waals surface area contributed by atoms with Gasteiger partial charge < -0.3 is 10.3 Å². The molecule has 1 unspecified atom stereocenters. The largest absolute Gasteiger partial charge is 0.339 e. The molecule has 2 fully saturated rings. The lowest BCUT2D eigenvalue weighted by atomic mass is 10.2. The summed E-state index contributed by atoms with van der Waals surface area (Å²) in [5.74, 6) is 2.20. The molecule has 5 nitrogen and oxygen atoms in total. The van der Waals surface area contributed by atoms with Crippen molar-refractivity contribution in [2.24, 2.45) is 5.73 Å². The normalized spacial score (nSPS) is 24.9. The lowest BCUT2D eigenvalue weighted by molar-refractivity contribution is 0.240. The SMILES string of the molecule is Cl.NCC1CCCN1Cc1noc(C2CC2)n1. The van der Waals surface area contributed by atoms with Gasteiger partial charge in [-0.25, -0.2) is 0 Å². The Labute approximate surface area is 107 Å². The maximum absolute atomic E-state index is 5.74. The van der Waals surface area contributed by atoms with Crippen LogP contribution in [0.3, 0.4) is 0 Å². The molecule has 1 saturated heterocycles. The summed E-state index contributed by atoms with van der Waals surface area (Å²) in [5, 5.41) is 4.04. The van der Waals surface area contributed by atoms with Crippen LogP contribution >= 0.6 is 12.4 Å². The van der Waals surface area contributed by atoms with Gasteiger partial charge >= 0.3 is 0 Å². The summed E-state index contributed by atoms with van der Waals surface area (Å²) >= 11 is 0. The van der Waals surface area contributed by atoms with Crippen molar-refractivity contribution in [1.29, 1.82) is 0 Å². The fourth-order valence-corrected chi connectivity index (χ4v) is 2.38. The van der Waals surface area contributed by atoms with E-state index < -0.39 is 0 Å².